The summed E-state index contributed by atoms with van der Waals surface area (Å²) in [6.07, 6.45) is 3.66. The lowest BCUT2D eigenvalue weighted by atomic mass is 9.88. The zero-order valence-electron chi connectivity index (χ0n) is 14.9. The van der Waals surface area contributed by atoms with E-state index in [4.69, 9.17) is 14.7 Å². The average Bonchev–Trinajstić information content (AvgIpc) is 3.43. The Morgan fingerprint density at radius 1 is 1.39 bits per heavy atom. The van der Waals surface area contributed by atoms with Crippen molar-refractivity contribution in [2.24, 2.45) is 0 Å². The van der Waals surface area contributed by atoms with Crippen molar-refractivity contribution in [1.29, 1.82) is 5.26 Å². The van der Waals surface area contributed by atoms with Gasteiger partial charge in [0.2, 0.25) is 0 Å². The molecule has 1 aliphatic heterocycles. The molecule has 1 fully saturated rings. The predicted molar refractivity (Wildman–Crippen MR) is 105 cm³/mol. The van der Waals surface area contributed by atoms with Gasteiger partial charge in [-0.15, -0.1) is 11.3 Å². The van der Waals surface area contributed by atoms with Crippen LogP contribution in [0.5, 0.6) is 0 Å². The number of thiazole rings is 1. The number of hydrogen-bond acceptors (Lipinski definition) is 9. The summed E-state index contributed by atoms with van der Waals surface area (Å²) in [6.45, 7) is 1.51. The molecule has 28 heavy (non-hydrogen) atoms. The number of nitrogens with zero attached hydrogens (tertiary/aromatic N) is 4. The van der Waals surface area contributed by atoms with Crippen molar-refractivity contribution in [1.82, 2.24) is 14.9 Å². The molecule has 0 spiro atoms. The molecule has 0 aliphatic carbocycles. The van der Waals surface area contributed by atoms with Crippen LogP contribution in [0.15, 0.2) is 40.3 Å². The minimum Gasteiger partial charge on any atom is -0.468 e. The van der Waals surface area contributed by atoms with Gasteiger partial charge in [-0.1, -0.05) is 0 Å². The highest BCUT2D eigenvalue weighted by molar-refractivity contribution is 7.13. The zero-order valence-corrected chi connectivity index (χ0v) is 15.8. The maximum absolute atomic E-state index is 9.19. The molecule has 3 N–H and O–H groups in total. The van der Waals surface area contributed by atoms with E-state index < -0.39 is 7.12 Å². The second-order valence-corrected chi connectivity index (χ2v) is 7.41. The summed E-state index contributed by atoms with van der Waals surface area (Å²) >= 11 is 1.50. The van der Waals surface area contributed by atoms with E-state index in [9.17, 15) is 10.0 Å². The van der Waals surface area contributed by atoms with E-state index >= 15 is 0 Å². The normalized spacial score (nSPS) is 16.8. The highest BCUT2D eigenvalue weighted by Gasteiger charge is 2.29. The van der Waals surface area contributed by atoms with Crippen LogP contribution in [0, 0.1) is 11.3 Å². The van der Waals surface area contributed by atoms with E-state index in [2.05, 4.69) is 21.3 Å². The first-order chi connectivity index (χ1) is 13.6. The van der Waals surface area contributed by atoms with Gasteiger partial charge in [0, 0.05) is 11.6 Å². The van der Waals surface area contributed by atoms with E-state index in [0.29, 0.717) is 23.7 Å². The average molecular weight is 395 g/mol. The number of hydrogen-bond donors (Lipinski definition) is 3. The monoisotopic (exact) mass is 395 g/mol. The van der Waals surface area contributed by atoms with Crippen molar-refractivity contribution < 1.29 is 14.5 Å². The Bertz CT molecular complexity index is 999. The van der Waals surface area contributed by atoms with Crippen LogP contribution in [0.1, 0.15) is 35.9 Å². The van der Waals surface area contributed by atoms with E-state index in [1.807, 2.05) is 5.38 Å². The molecule has 0 saturated carbocycles. The van der Waals surface area contributed by atoms with Gasteiger partial charge in [-0.25, -0.2) is 9.97 Å². The molecule has 10 heteroatoms. The van der Waals surface area contributed by atoms with Gasteiger partial charge in [0.15, 0.2) is 5.13 Å². The molecule has 0 radical (unpaired) electrons. The molecule has 1 saturated heterocycles. The molecule has 0 amide bonds. The second-order valence-electron chi connectivity index (χ2n) is 6.55. The first-order valence-corrected chi connectivity index (χ1v) is 9.78. The highest BCUT2D eigenvalue weighted by Crippen LogP contribution is 2.35. The maximum Gasteiger partial charge on any atom is 0.526 e. The Kier molecular flexibility index (Phi) is 5.41. The number of likely N-dealkylation sites (tertiary alicyclic amines) is 1. The number of rotatable bonds is 6. The fourth-order valence-electron chi connectivity index (χ4n) is 3.34. The first-order valence-electron chi connectivity index (χ1n) is 8.90. The molecule has 1 atom stereocenters. The minimum atomic E-state index is -1.59. The van der Waals surface area contributed by atoms with E-state index in [1.54, 1.807) is 30.5 Å². The lowest BCUT2D eigenvalue weighted by molar-refractivity contribution is 0.226. The molecule has 1 aliphatic rings. The van der Waals surface area contributed by atoms with Gasteiger partial charge < -0.3 is 19.8 Å². The van der Waals surface area contributed by atoms with Crippen molar-refractivity contribution in [2.75, 3.05) is 11.9 Å². The number of pyridine rings is 1. The third-order valence-corrected chi connectivity index (χ3v) is 5.42. The highest BCUT2D eigenvalue weighted by atomic mass is 32.1. The Labute approximate surface area is 166 Å². The smallest absolute Gasteiger partial charge is 0.468 e. The Morgan fingerprint density at radius 2 is 2.29 bits per heavy atom. The third kappa shape index (κ3) is 4.08. The number of aromatic nitrogens is 2. The van der Waals surface area contributed by atoms with Gasteiger partial charge in [0.25, 0.3) is 0 Å². The first kappa shape index (κ1) is 18.6. The fourth-order valence-corrected chi connectivity index (χ4v) is 4.11. The van der Waals surface area contributed by atoms with Crippen molar-refractivity contribution >= 4 is 35.1 Å². The number of anilines is 2. The lowest BCUT2D eigenvalue weighted by Crippen LogP contribution is -2.28. The quantitative estimate of drug-likeness (QED) is 0.541. The molecule has 3 aromatic rings. The van der Waals surface area contributed by atoms with Crippen LogP contribution < -0.4 is 11.0 Å². The summed E-state index contributed by atoms with van der Waals surface area (Å²) in [7, 11) is -1.59. The van der Waals surface area contributed by atoms with Gasteiger partial charge in [-0.05, 0) is 43.7 Å². The molecule has 0 aromatic carbocycles. The lowest BCUT2D eigenvalue weighted by Gasteiger charge is -2.21. The van der Waals surface area contributed by atoms with Crippen LogP contribution in [0.2, 0.25) is 0 Å². The van der Waals surface area contributed by atoms with Gasteiger partial charge >= 0.3 is 7.12 Å². The molecule has 3 aromatic heterocycles. The molecule has 8 nitrogen and oxygen atoms in total. The van der Waals surface area contributed by atoms with Crippen molar-refractivity contribution in [3.05, 3.63) is 52.9 Å². The molecule has 4 rings (SSSR count). The molecular formula is C18H18BN5O3S. The maximum atomic E-state index is 9.19. The van der Waals surface area contributed by atoms with Gasteiger partial charge in [-0.3, -0.25) is 4.90 Å². The second kappa shape index (κ2) is 8.12. The van der Waals surface area contributed by atoms with Gasteiger partial charge in [0.1, 0.15) is 17.2 Å². The van der Waals surface area contributed by atoms with Crippen molar-refractivity contribution in [3.63, 3.8) is 0 Å². The van der Waals surface area contributed by atoms with Crippen LogP contribution in [0.4, 0.5) is 10.9 Å². The summed E-state index contributed by atoms with van der Waals surface area (Å²) in [5.74, 6) is 1.29. The fraction of sp³-hybridized carbons (Fsp3) is 0.278. The molecular weight excluding hydrogens is 377 g/mol. The SMILES string of the molecule is N#Cc1ccnc(Nc2nc(C3CCCN3Cc3ccc(B(O)O)o3)cs2)c1. The number of nitriles is 1. The largest absolute Gasteiger partial charge is 0.526 e. The number of nitrogens with one attached hydrogen (secondary N) is 1. The van der Waals surface area contributed by atoms with Gasteiger partial charge in [0.05, 0.1) is 29.9 Å². The summed E-state index contributed by atoms with van der Waals surface area (Å²) < 4.78 is 5.49. The predicted octanol–water partition coefficient (Wildman–Crippen LogP) is 1.76. The van der Waals surface area contributed by atoms with E-state index in [1.165, 1.54) is 11.3 Å². The molecule has 4 heterocycles. The molecule has 142 valence electrons. The van der Waals surface area contributed by atoms with Crippen LogP contribution in [0.3, 0.4) is 0 Å². The van der Waals surface area contributed by atoms with E-state index in [-0.39, 0.29) is 11.7 Å². The molecule has 1 unspecified atom stereocenters. The Morgan fingerprint density at radius 3 is 3.07 bits per heavy atom. The third-order valence-electron chi connectivity index (χ3n) is 4.65. The molecule has 0 bridgehead atoms. The Balaban J connectivity index is 1.45. The van der Waals surface area contributed by atoms with Crippen LogP contribution in [0.25, 0.3) is 0 Å². The van der Waals surface area contributed by atoms with Crippen LogP contribution >= 0.6 is 11.3 Å². The van der Waals surface area contributed by atoms with Crippen LogP contribution in [-0.4, -0.2) is 38.6 Å². The van der Waals surface area contributed by atoms with Crippen molar-refractivity contribution in [2.45, 2.75) is 25.4 Å². The summed E-state index contributed by atoms with van der Waals surface area (Å²) in [6, 6.07) is 8.97. The standard InChI is InChI=1S/C18H18BN5O3S/c20-9-12-5-6-21-17(8-12)23-18-22-14(11-28-18)15-2-1-7-24(15)10-13-3-4-16(27-13)19(25)26/h3-6,8,11,15,25-26H,1-2,7,10H2,(H,21,22,23). The van der Waals surface area contributed by atoms with Crippen LogP contribution in [-0.2, 0) is 6.54 Å². The number of furan rings is 1. The van der Waals surface area contributed by atoms with E-state index in [0.717, 1.165) is 30.2 Å². The summed E-state index contributed by atoms with van der Waals surface area (Å²) in [4.78, 5) is 11.2. The minimum absolute atomic E-state index is 0.151. The van der Waals surface area contributed by atoms with Gasteiger partial charge in [-0.2, -0.15) is 5.26 Å². The van der Waals surface area contributed by atoms with Crippen molar-refractivity contribution in [3.8, 4) is 6.07 Å². The summed E-state index contributed by atoms with van der Waals surface area (Å²) in [5, 5.41) is 33.3. The zero-order chi connectivity index (χ0) is 19.5. The Hall–Kier alpha value is -2.71. The summed E-state index contributed by atoms with van der Waals surface area (Å²) in [5.41, 5.74) is 1.68. The topological polar surface area (TPSA) is 118 Å².